The molecule has 0 unspecified atom stereocenters. The highest BCUT2D eigenvalue weighted by molar-refractivity contribution is 6.30. The average Bonchev–Trinajstić information content (AvgIpc) is 3.09. The van der Waals surface area contributed by atoms with Crippen molar-refractivity contribution < 1.29 is 22.7 Å². The van der Waals surface area contributed by atoms with E-state index in [1.165, 1.54) is 23.0 Å². The van der Waals surface area contributed by atoms with Crippen LogP contribution in [0, 0.1) is 0 Å². The van der Waals surface area contributed by atoms with Gasteiger partial charge in [-0.15, -0.1) is 0 Å². The van der Waals surface area contributed by atoms with Crippen molar-refractivity contribution in [3.8, 4) is 0 Å². The number of nitrogens with one attached hydrogen (secondary N) is 2. The number of amides is 1. The van der Waals surface area contributed by atoms with E-state index in [0.29, 0.717) is 22.4 Å². The Labute approximate surface area is 174 Å². The molecule has 3 aromatic rings. The summed E-state index contributed by atoms with van der Waals surface area (Å²) in [6, 6.07) is 4.55. The van der Waals surface area contributed by atoms with E-state index in [1.54, 1.807) is 13.1 Å². The molecule has 3 rings (SSSR count). The van der Waals surface area contributed by atoms with Gasteiger partial charge in [0, 0.05) is 25.3 Å². The summed E-state index contributed by atoms with van der Waals surface area (Å²) >= 11 is 5.97. The van der Waals surface area contributed by atoms with E-state index in [9.17, 15) is 18.0 Å². The van der Waals surface area contributed by atoms with Crippen LogP contribution in [-0.2, 0) is 17.5 Å². The van der Waals surface area contributed by atoms with Crippen molar-refractivity contribution in [2.45, 2.75) is 12.8 Å². The van der Waals surface area contributed by atoms with Crippen LogP contribution >= 0.6 is 11.6 Å². The number of halogens is 4. The molecule has 4 N–H and O–H groups in total. The molecular formula is C18H18ClF3N6O2. The number of hydrogen-bond acceptors (Lipinski definition) is 6. The predicted octanol–water partition coefficient (Wildman–Crippen LogP) is 3.50. The van der Waals surface area contributed by atoms with Crippen LogP contribution in [0.25, 0.3) is 11.2 Å². The van der Waals surface area contributed by atoms with Gasteiger partial charge in [0.2, 0.25) is 0 Å². The molecule has 0 atom stereocenters. The van der Waals surface area contributed by atoms with Crippen molar-refractivity contribution in [2.24, 2.45) is 0 Å². The molecular weight excluding hydrogens is 425 g/mol. The number of aromatic nitrogens is 3. The van der Waals surface area contributed by atoms with Crippen molar-refractivity contribution >= 4 is 40.2 Å². The third kappa shape index (κ3) is 4.74. The third-order valence-corrected chi connectivity index (χ3v) is 4.37. The van der Waals surface area contributed by atoms with Crippen LogP contribution in [0.15, 0.2) is 30.6 Å². The SMILES string of the molecule is CNc1cc(Cl)nc2c1ncn2C(=O)NCCOCc1ccc(C(F)(F)F)c(N)c1. The fraction of sp³-hybridized carbons (Fsp3) is 0.278. The Bertz CT molecular complexity index is 1070. The number of benzene rings is 1. The number of nitrogen functional groups attached to an aromatic ring is 1. The van der Waals surface area contributed by atoms with Gasteiger partial charge in [-0.05, 0) is 17.7 Å². The summed E-state index contributed by atoms with van der Waals surface area (Å²) in [6.45, 7) is 0.345. The number of alkyl halides is 3. The normalized spacial score (nSPS) is 11.6. The van der Waals surface area contributed by atoms with Gasteiger partial charge < -0.3 is 21.1 Å². The molecule has 2 heterocycles. The minimum atomic E-state index is -4.50. The standard InChI is InChI=1S/C18H18ClF3N6O2/c1-24-13-7-14(19)27-16-15(13)26-9-28(16)17(29)25-4-5-30-8-10-2-3-11(12(23)6-10)18(20,21)22/h2-3,6-7,9H,4-5,8,23H2,1H3,(H,24,27)(H,25,29). The summed E-state index contributed by atoms with van der Waals surface area (Å²) in [5.41, 5.74) is 6.11. The quantitative estimate of drug-likeness (QED) is 0.306. The molecule has 0 spiro atoms. The first kappa shape index (κ1) is 21.7. The number of fused-ring (bicyclic) bond motifs is 1. The van der Waals surface area contributed by atoms with Crippen molar-refractivity contribution in [2.75, 3.05) is 31.2 Å². The first-order chi connectivity index (χ1) is 14.2. The molecule has 0 radical (unpaired) electrons. The molecule has 12 heteroatoms. The van der Waals surface area contributed by atoms with Gasteiger partial charge in [0.25, 0.3) is 0 Å². The van der Waals surface area contributed by atoms with Gasteiger partial charge in [-0.1, -0.05) is 17.7 Å². The second kappa shape index (κ2) is 8.76. The van der Waals surface area contributed by atoms with Crippen LogP contribution in [0.3, 0.4) is 0 Å². The zero-order valence-electron chi connectivity index (χ0n) is 15.8. The van der Waals surface area contributed by atoms with Crippen LogP contribution < -0.4 is 16.4 Å². The molecule has 0 aliphatic heterocycles. The van der Waals surface area contributed by atoms with Gasteiger partial charge >= 0.3 is 12.2 Å². The summed E-state index contributed by atoms with van der Waals surface area (Å²) in [5.74, 6) is 0. The maximum absolute atomic E-state index is 12.7. The van der Waals surface area contributed by atoms with E-state index in [0.717, 1.165) is 6.07 Å². The summed E-state index contributed by atoms with van der Waals surface area (Å²) in [4.78, 5) is 20.7. The Hall–Kier alpha value is -3.05. The highest BCUT2D eigenvalue weighted by atomic mass is 35.5. The molecule has 0 bridgehead atoms. The summed E-state index contributed by atoms with van der Waals surface area (Å²) in [5, 5.41) is 5.78. The van der Waals surface area contributed by atoms with Crippen LogP contribution in [0.5, 0.6) is 0 Å². The number of carbonyl (C=O) groups is 1. The minimum absolute atomic E-state index is 0.0505. The average molecular weight is 443 g/mol. The van der Waals surface area contributed by atoms with Gasteiger partial charge in [0.1, 0.15) is 17.0 Å². The largest absolute Gasteiger partial charge is 0.418 e. The van der Waals surface area contributed by atoms with E-state index >= 15 is 0 Å². The molecule has 1 aromatic carbocycles. The molecule has 0 saturated heterocycles. The number of nitrogens with zero attached hydrogens (tertiary/aromatic N) is 3. The van der Waals surface area contributed by atoms with Crippen LogP contribution in [0.2, 0.25) is 5.15 Å². The van der Waals surface area contributed by atoms with E-state index in [-0.39, 0.29) is 30.6 Å². The highest BCUT2D eigenvalue weighted by Gasteiger charge is 2.32. The number of carbonyl (C=O) groups excluding carboxylic acids is 1. The van der Waals surface area contributed by atoms with Crippen molar-refractivity contribution in [3.05, 3.63) is 46.9 Å². The van der Waals surface area contributed by atoms with E-state index in [2.05, 4.69) is 20.6 Å². The Balaban J connectivity index is 1.53. The van der Waals surface area contributed by atoms with Crippen molar-refractivity contribution in [3.63, 3.8) is 0 Å². The van der Waals surface area contributed by atoms with E-state index in [1.807, 2.05) is 0 Å². The van der Waals surface area contributed by atoms with E-state index < -0.39 is 17.8 Å². The molecule has 0 fully saturated rings. The number of pyridine rings is 1. The molecule has 0 aliphatic rings. The van der Waals surface area contributed by atoms with Gasteiger partial charge in [-0.2, -0.15) is 13.2 Å². The summed E-state index contributed by atoms with van der Waals surface area (Å²) in [7, 11) is 1.70. The zero-order valence-corrected chi connectivity index (χ0v) is 16.5. The number of ether oxygens (including phenoxy) is 1. The van der Waals surface area contributed by atoms with E-state index in [4.69, 9.17) is 22.1 Å². The Morgan fingerprint density at radius 2 is 2.10 bits per heavy atom. The maximum atomic E-state index is 12.7. The number of anilines is 2. The molecule has 8 nitrogen and oxygen atoms in total. The molecule has 1 amide bonds. The third-order valence-electron chi connectivity index (χ3n) is 4.17. The smallest absolute Gasteiger partial charge is 0.398 e. The predicted molar refractivity (Wildman–Crippen MR) is 106 cm³/mol. The number of rotatable bonds is 6. The molecule has 0 aliphatic carbocycles. The Morgan fingerprint density at radius 1 is 1.33 bits per heavy atom. The second-order valence-corrected chi connectivity index (χ2v) is 6.62. The van der Waals surface area contributed by atoms with Gasteiger partial charge in [-0.25, -0.2) is 19.3 Å². The summed E-state index contributed by atoms with van der Waals surface area (Å²) in [6.07, 6.45) is -3.17. The molecule has 160 valence electrons. The molecule has 2 aromatic heterocycles. The fourth-order valence-corrected chi connectivity index (χ4v) is 2.95. The maximum Gasteiger partial charge on any atom is 0.418 e. The van der Waals surface area contributed by atoms with Crippen molar-refractivity contribution in [1.82, 2.24) is 19.9 Å². The van der Waals surface area contributed by atoms with Crippen LogP contribution in [0.4, 0.5) is 29.3 Å². The zero-order chi connectivity index (χ0) is 21.9. The van der Waals surface area contributed by atoms with Crippen LogP contribution in [-0.4, -0.2) is 40.8 Å². The Kier molecular flexibility index (Phi) is 6.32. The van der Waals surface area contributed by atoms with Gasteiger partial charge in [-0.3, -0.25) is 0 Å². The number of imidazole rings is 1. The van der Waals surface area contributed by atoms with Crippen LogP contribution in [0.1, 0.15) is 11.1 Å². The summed E-state index contributed by atoms with van der Waals surface area (Å²) < 4.78 is 44.8. The lowest BCUT2D eigenvalue weighted by molar-refractivity contribution is -0.136. The second-order valence-electron chi connectivity index (χ2n) is 6.23. The number of nitrogens with two attached hydrogens (primary N) is 1. The first-order valence-corrected chi connectivity index (χ1v) is 9.11. The first-order valence-electron chi connectivity index (χ1n) is 8.73. The highest BCUT2D eigenvalue weighted by Crippen LogP contribution is 2.33. The van der Waals surface area contributed by atoms with Gasteiger partial charge in [0.15, 0.2) is 5.65 Å². The topological polar surface area (TPSA) is 107 Å². The lowest BCUT2D eigenvalue weighted by atomic mass is 10.1. The Morgan fingerprint density at radius 3 is 2.77 bits per heavy atom. The fourth-order valence-electron chi connectivity index (χ4n) is 2.76. The molecule has 30 heavy (non-hydrogen) atoms. The minimum Gasteiger partial charge on any atom is -0.398 e. The lowest BCUT2D eigenvalue weighted by Gasteiger charge is -2.12. The molecule has 0 saturated carbocycles. The number of hydrogen-bond donors (Lipinski definition) is 3. The van der Waals surface area contributed by atoms with Crippen molar-refractivity contribution in [1.29, 1.82) is 0 Å². The van der Waals surface area contributed by atoms with Gasteiger partial charge in [0.05, 0.1) is 24.5 Å². The monoisotopic (exact) mass is 442 g/mol. The lowest BCUT2D eigenvalue weighted by Crippen LogP contribution is -2.31.